The molecule has 0 saturated carbocycles. The van der Waals surface area contributed by atoms with Crippen LogP contribution in [0.25, 0.3) is 11.3 Å². The maximum absolute atomic E-state index is 14.6. The summed E-state index contributed by atoms with van der Waals surface area (Å²) in [5.41, 5.74) is 1.72. The van der Waals surface area contributed by atoms with Crippen LogP contribution in [-0.2, 0) is 11.2 Å². The number of benzene rings is 3. The molecule has 4 aromatic rings. The van der Waals surface area contributed by atoms with Crippen molar-refractivity contribution in [1.82, 2.24) is 20.2 Å². The van der Waals surface area contributed by atoms with Gasteiger partial charge in [-0.15, -0.1) is 0 Å². The maximum atomic E-state index is 14.6. The summed E-state index contributed by atoms with van der Waals surface area (Å²) >= 11 is 2.02. The highest BCUT2D eigenvalue weighted by atomic mass is 127. The number of hydrogen-bond acceptors (Lipinski definition) is 5. The van der Waals surface area contributed by atoms with Gasteiger partial charge in [0.15, 0.2) is 0 Å². The third kappa shape index (κ3) is 5.99. The molecule has 0 aliphatic carbocycles. The molecule has 8 nitrogen and oxygen atoms in total. The fourth-order valence-corrected chi connectivity index (χ4v) is 5.08. The van der Waals surface area contributed by atoms with Gasteiger partial charge in [0.2, 0.25) is 0 Å². The van der Waals surface area contributed by atoms with E-state index in [-0.39, 0.29) is 26.2 Å². The van der Waals surface area contributed by atoms with Gasteiger partial charge in [-0.1, -0.05) is 30.3 Å². The Labute approximate surface area is 242 Å². The van der Waals surface area contributed by atoms with E-state index in [4.69, 9.17) is 9.84 Å². The minimum atomic E-state index is -0.901. The highest BCUT2D eigenvalue weighted by Crippen LogP contribution is 2.30. The van der Waals surface area contributed by atoms with Gasteiger partial charge >= 0.3 is 6.03 Å². The zero-order valence-electron chi connectivity index (χ0n) is 21.1. The number of aromatic nitrogens is 2. The molecule has 2 atom stereocenters. The number of aliphatic hydroxyl groups is 1. The third-order valence-corrected chi connectivity index (χ3v) is 7.30. The summed E-state index contributed by atoms with van der Waals surface area (Å²) in [6, 6.07) is 16.3. The monoisotopic (exact) mass is 658 g/mol. The number of aromatic amines is 1. The van der Waals surface area contributed by atoms with E-state index in [2.05, 4.69) is 15.3 Å². The molecule has 5 rings (SSSR count). The first-order chi connectivity index (χ1) is 19.3. The lowest BCUT2D eigenvalue weighted by molar-refractivity contribution is -0.127. The van der Waals surface area contributed by atoms with Crippen molar-refractivity contribution in [3.05, 3.63) is 105 Å². The van der Waals surface area contributed by atoms with Crippen LogP contribution in [0.4, 0.5) is 13.6 Å². The molecule has 1 aromatic heterocycles. The summed E-state index contributed by atoms with van der Waals surface area (Å²) in [5.74, 6) is -0.970. The molecule has 40 heavy (non-hydrogen) atoms. The van der Waals surface area contributed by atoms with E-state index in [1.807, 2.05) is 22.6 Å². The number of hydrogen-bond donors (Lipinski definition) is 3. The fraction of sp³-hybridized carbons (Fsp3) is 0.207. The van der Waals surface area contributed by atoms with E-state index < -0.39 is 35.5 Å². The lowest BCUT2D eigenvalue weighted by Crippen LogP contribution is -2.35. The highest BCUT2D eigenvalue weighted by molar-refractivity contribution is 14.1. The summed E-state index contributed by atoms with van der Waals surface area (Å²) in [7, 11) is 0. The second-order valence-corrected chi connectivity index (χ2v) is 10.5. The standard InChI is InChI=1S/C29H25F2IN4O4/c30-23-4-2-1-3-18(23)13-19(27-33-15-25(34-27)22-10-7-20(32)14-24(22)31)16-36-28(38)26(35-29(36)39)17-5-8-21(9-6-17)40-12-11-37/h1-10,14-15,19,26,37H,11-13,16H2,(H,33,34)(H,35,39)/t19?,26-/m1/s1. The molecule has 1 aliphatic heterocycles. The molecule has 1 unspecified atom stereocenters. The number of rotatable bonds is 10. The average Bonchev–Trinajstić information content (AvgIpc) is 3.53. The molecule has 11 heteroatoms. The van der Waals surface area contributed by atoms with Crippen molar-refractivity contribution in [3.63, 3.8) is 0 Å². The first kappa shape index (κ1) is 27.7. The highest BCUT2D eigenvalue weighted by Gasteiger charge is 2.40. The van der Waals surface area contributed by atoms with Gasteiger partial charge in [-0.25, -0.2) is 18.6 Å². The second kappa shape index (κ2) is 12.1. The molecule has 1 saturated heterocycles. The summed E-state index contributed by atoms with van der Waals surface area (Å²) in [6.07, 6.45) is 1.64. The molecule has 3 amide bonds. The maximum Gasteiger partial charge on any atom is 0.325 e. The van der Waals surface area contributed by atoms with Crippen molar-refractivity contribution < 1.29 is 28.2 Å². The molecule has 206 valence electrons. The summed E-state index contributed by atoms with van der Waals surface area (Å²) in [4.78, 5) is 35.0. The van der Waals surface area contributed by atoms with Gasteiger partial charge in [0.05, 0.1) is 18.5 Å². The van der Waals surface area contributed by atoms with Gasteiger partial charge < -0.3 is 20.1 Å². The van der Waals surface area contributed by atoms with Crippen molar-refractivity contribution in [1.29, 1.82) is 0 Å². The molecule has 1 fully saturated rings. The van der Waals surface area contributed by atoms with E-state index in [1.165, 1.54) is 18.3 Å². The van der Waals surface area contributed by atoms with Gasteiger partial charge in [-0.3, -0.25) is 9.69 Å². The van der Waals surface area contributed by atoms with Crippen LogP contribution in [0.2, 0.25) is 0 Å². The van der Waals surface area contributed by atoms with Crippen LogP contribution in [0.1, 0.15) is 28.9 Å². The zero-order chi connectivity index (χ0) is 28.2. The quantitative estimate of drug-likeness (QED) is 0.165. The molecular weight excluding hydrogens is 633 g/mol. The minimum absolute atomic E-state index is 0.0741. The third-order valence-electron chi connectivity index (χ3n) is 6.63. The van der Waals surface area contributed by atoms with Crippen molar-refractivity contribution in [2.45, 2.75) is 18.4 Å². The molecule has 0 bridgehead atoms. The first-order valence-corrected chi connectivity index (χ1v) is 13.6. The predicted octanol–water partition coefficient (Wildman–Crippen LogP) is 4.95. The number of imidazole rings is 1. The lowest BCUT2D eigenvalue weighted by Gasteiger charge is -2.21. The molecule has 1 aliphatic rings. The van der Waals surface area contributed by atoms with Gasteiger partial charge in [-0.05, 0) is 76.5 Å². The molecule has 2 heterocycles. The molecule has 3 aromatic carbocycles. The van der Waals surface area contributed by atoms with E-state index in [0.29, 0.717) is 34.0 Å². The van der Waals surface area contributed by atoms with Crippen molar-refractivity contribution in [2.75, 3.05) is 19.8 Å². The van der Waals surface area contributed by atoms with Crippen LogP contribution in [-0.4, -0.2) is 51.7 Å². The lowest BCUT2D eigenvalue weighted by atomic mass is 9.97. The smallest absolute Gasteiger partial charge is 0.325 e. The van der Waals surface area contributed by atoms with Crippen molar-refractivity contribution in [2.24, 2.45) is 0 Å². The van der Waals surface area contributed by atoms with Crippen molar-refractivity contribution >= 4 is 34.5 Å². The zero-order valence-corrected chi connectivity index (χ0v) is 23.3. The fourth-order valence-electron chi connectivity index (χ4n) is 4.62. The van der Waals surface area contributed by atoms with Crippen LogP contribution < -0.4 is 10.1 Å². The van der Waals surface area contributed by atoms with Crippen LogP contribution in [0.15, 0.2) is 72.9 Å². The Morgan fingerprint density at radius 2 is 1.82 bits per heavy atom. The van der Waals surface area contributed by atoms with Gasteiger partial charge in [-0.2, -0.15) is 0 Å². The normalized spacial score (nSPS) is 15.8. The Bertz CT molecular complexity index is 1530. The number of carbonyl (C=O) groups is 2. The Morgan fingerprint density at radius 3 is 2.55 bits per heavy atom. The van der Waals surface area contributed by atoms with Crippen LogP contribution in [0.3, 0.4) is 0 Å². The molecular formula is C29H25F2IN4O4. The topological polar surface area (TPSA) is 108 Å². The van der Waals surface area contributed by atoms with E-state index >= 15 is 0 Å². The van der Waals surface area contributed by atoms with E-state index in [9.17, 15) is 18.4 Å². The first-order valence-electron chi connectivity index (χ1n) is 12.5. The van der Waals surface area contributed by atoms with Gasteiger partial charge in [0.1, 0.15) is 35.9 Å². The Balaban J connectivity index is 1.41. The molecule has 0 spiro atoms. The number of urea groups is 1. The number of carbonyl (C=O) groups excluding carboxylic acids is 2. The Hall–Kier alpha value is -3.84. The second-order valence-electron chi connectivity index (χ2n) is 9.27. The number of nitrogens with one attached hydrogen (secondary N) is 2. The van der Waals surface area contributed by atoms with Crippen LogP contribution >= 0.6 is 22.6 Å². The molecule has 3 N–H and O–H groups in total. The van der Waals surface area contributed by atoms with Crippen molar-refractivity contribution in [3.8, 4) is 17.0 Å². The Morgan fingerprint density at radius 1 is 1.05 bits per heavy atom. The number of ether oxygens (including phenoxy) is 1. The number of amides is 3. The predicted molar refractivity (Wildman–Crippen MR) is 152 cm³/mol. The number of aliphatic hydroxyl groups excluding tert-OH is 1. The van der Waals surface area contributed by atoms with Gasteiger partial charge in [0.25, 0.3) is 5.91 Å². The minimum Gasteiger partial charge on any atom is -0.491 e. The van der Waals surface area contributed by atoms with Gasteiger partial charge in [0, 0.05) is 21.6 Å². The number of halogens is 3. The SMILES string of the molecule is O=C1N[C@H](c2ccc(OCCO)cc2)C(=O)N1CC(Cc1ccccc1F)c1ncc(-c2ccc(I)cc2F)[nH]1. The summed E-state index contributed by atoms with van der Waals surface area (Å²) < 4.78 is 35.4. The number of H-pyrrole nitrogens is 1. The Kier molecular flexibility index (Phi) is 8.40. The summed E-state index contributed by atoms with van der Waals surface area (Å²) in [5, 5.41) is 11.6. The van der Waals surface area contributed by atoms with E-state index in [1.54, 1.807) is 54.6 Å². The number of imide groups is 1. The summed E-state index contributed by atoms with van der Waals surface area (Å²) in [6.45, 7) is -0.0611. The van der Waals surface area contributed by atoms with Crippen LogP contribution in [0.5, 0.6) is 5.75 Å². The largest absolute Gasteiger partial charge is 0.491 e. The molecule has 0 radical (unpaired) electrons. The van der Waals surface area contributed by atoms with Crippen LogP contribution in [0, 0.1) is 15.2 Å². The number of nitrogens with zero attached hydrogens (tertiary/aromatic N) is 2. The average molecular weight is 658 g/mol. The van der Waals surface area contributed by atoms with E-state index in [0.717, 1.165) is 8.47 Å².